The van der Waals surface area contributed by atoms with E-state index in [-0.39, 0.29) is 34.8 Å². The number of hydrogen-bond acceptors (Lipinski definition) is 7. The topological polar surface area (TPSA) is 128 Å². The lowest BCUT2D eigenvalue weighted by atomic mass is 9.87. The Labute approximate surface area is 228 Å². The first-order chi connectivity index (χ1) is 18.3. The van der Waals surface area contributed by atoms with Gasteiger partial charge in [0.15, 0.2) is 0 Å². The predicted octanol–water partition coefficient (Wildman–Crippen LogP) is 4.60. The molecule has 1 amide bonds. The van der Waals surface area contributed by atoms with Crippen molar-refractivity contribution in [3.05, 3.63) is 88.0 Å². The van der Waals surface area contributed by atoms with Gasteiger partial charge in [0.2, 0.25) is 5.91 Å². The van der Waals surface area contributed by atoms with Crippen molar-refractivity contribution < 1.29 is 27.6 Å². The van der Waals surface area contributed by atoms with Crippen molar-refractivity contribution in [2.45, 2.75) is 38.0 Å². The van der Waals surface area contributed by atoms with Crippen LogP contribution in [-0.4, -0.2) is 46.1 Å². The summed E-state index contributed by atoms with van der Waals surface area (Å²) in [6.07, 6.45) is 0. The molecule has 10 nitrogen and oxygen atoms in total. The summed E-state index contributed by atoms with van der Waals surface area (Å²) >= 11 is 0. The fourth-order valence-electron chi connectivity index (χ4n) is 3.73. The quantitative estimate of drug-likeness (QED) is 0.208. The standard InChI is InChI=1S/C28H33N3O7S/c1-20-6-15-25(18-26(20)31(33)34)39(35,36)30(22-9-13-23(37-5)14-10-22)19-27(32)29-16-17-38-24-11-7-21(8-12-24)28(2,3)4/h6-15,18H,16-17,19H2,1-5H3,(H,29,32). The summed E-state index contributed by atoms with van der Waals surface area (Å²) in [5, 5.41) is 14.1. The van der Waals surface area contributed by atoms with Crippen LogP contribution in [0.15, 0.2) is 71.6 Å². The van der Waals surface area contributed by atoms with E-state index in [1.54, 1.807) is 12.1 Å². The summed E-state index contributed by atoms with van der Waals surface area (Å²) in [6.45, 7) is 7.66. The Hall–Kier alpha value is -4.12. The molecule has 3 rings (SSSR count). The van der Waals surface area contributed by atoms with Gasteiger partial charge in [0, 0.05) is 11.6 Å². The number of rotatable bonds is 11. The minimum atomic E-state index is -4.34. The van der Waals surface area contributed by atoms with E-state index in [1.807, 2.05) is 24.3 Å². The van der Waals surface area contributed by atoms with Crippen LogP contribution in [-0.2, 0) is 20.2 Å². The smallest absolute Gasteiger partial charge is 0.273 e. The van der Waals surface area contributed by atoms with E-state index in [2.05, 4.69) is 26.1 Å². The molecule has 0 heterocycles. The van der Waals surface area contributed by atoms with E-state index in [9.17, 15) is 23.3 Å². The predicted molar refractivity (Wildman–Crippen MR) is 149 cm³/mol. The zero-order chi connectivity index (χ0) is 28.8. The molecule has 0 fully saturated rings. The van der Waals surface area contributed by atoms with Gasteiger partial charge < -0.3 is 14.8 Å². The van der Waals surface area contributed by atoms with Crippen LogP contribution in [0, 0.1) is 17.0 Å². The number of benzene rings is 3. The maximum atomic E-state index is 13.6. The van der Waals surface area contributed by atoms with E-state index >= 15 is 0 Å². The van der Waals surface area contributed by atoms with Crippen LogP contribution < -0.4 is 19.1 Å². The fraction of sp³-hybridized carbons (Fsp3) is 0.321. The number of nitro benzene ring substituents is 1. The molecule has 0 radical (unpaired) electrons. The first-order valence-electron chi connectivity index (χ1n) is 12.2. The highest BCUT2D eigenvalue weighted by molar-refractivity contribution is 7.92. The third-order valence-electron chi connectivity index (χ3n) is 6.03. The maximum absolute atomic E-state index is 13.6. The summed E-state index contributed by atoms with van der Waals surface area (Å²) in [4.78, 5) is 23.3. The summed E-state index contributed by atoms with van der Waals surface area (Å²) in [5.41, 5.74) is 1.38. The summed E-state index contributed by atoms with van der Waals surface area (Å²) in [7, 11) is -2.86. The number of sulfonamides is 1. The number of nitrogens with one attached hydrogen (secondary N) is 1. The van der Waals surface area contributed by atoms with Gasteiger partial charge in [-0.3, -0.25) is 19.2 Å². The van der Waals surface area contributed by atoms with Crippen LogP contribution in [0.1, 0.15) is 31.9 Å². The molecule has 0 saturated carbocycles. The molecule has 3 aromatic carbocycles. The molecule has 0 unspecified atom stereocenters. The molecule has 3 aromatic rings. The van der Waals surface area contributed by atoms with Crippen molar-refractivity contribution in [3.63, 3.8) is 0 Å². The number of ether oxygens (including phenoxy) is 2. The molecule has 0 aliphatic carbocycles. The lowest BCUT2D eigenvalue weighted by molar-refractivity contribution is -0.385. The highest BCUT2D eigenvalue weighted by atomic mass is 32.2. The van der Waals surface area contributed by atoms with Gasteiger partial charge in [-0.25, -0.2) is 8.42 Å². The molecular formula is C28H33N3O7S. The number of anilines is 1. The number of hydrogen-bond donors (Lipinski definition) is 1. The van der Waals surface area contributed by atoms with Gasteiger partial charge in [0.25, 0.3) is 15.7 Å². The van der Waals surface area contributed by atoms with Crippen molar-refractivity contribution in [1.29, 1.82) is 0 Å². The van der Waals surface area contributed by atoms with Crippen molar-refractivity contribution in [3.8, 4) is 11.5 Å². The number of methoxy groups -OCH3 is 1. The Morgan fingerprint density at radius 3 is 2.18 bits per heavy atom. The van der Waals surface area contributed by atoms with Crippen LogP contribution in [0.5, 0.6) is 11.5 Å². The monoisotopic (exact) mass is 555 g/mol. The molecule has 0 atom stereocenters. The third-order valence-corrected chi connectivity index (χ3v) is 7.80. The molecular weight excluding hydrogens is 522 g/mol. The number of nitro groups is 1. The number of nitrogens with zero attached hydrogens (tertiary/aromatic N) is 2. The van der Waals surface area contributed by atoms with Crippen LogP contribution in [0.3, 0.4) is 0 Å². The normalized spacial score (nSPS) is 11.5. The fourth-order valence-corrected chi connectivity index (χ4v) is 5.18. The molecule has 0 aliphatic rings. The Bertz CT molecular complexity index is 1420. The van der Waals surface area contributed by atoms with Crippen molar-refractivity contribution in [2.24, 2.45) is 0 Å². The Balaban J connectivity index is 1.74. The van der Waals surface area contributed by atoms with Gasteiger partial charge in [0.05, 0.1) is 29.2 Å². The second-order valence-corrected chi connectivity index (χ2v) is 11.8. The molecule has 0 bridgehead atoms. The highest BCUT2D eigenvalue weighted by Crippen LogP contribution is 2.29. The Kier molecular flexibility index (Phi) is 9.18. The molecule has 0 aromatic heterocycles. The van der Waals surface area contributed by atoms with E-state index in [0.29, 0.717) is 17.1 Å². The summed E-state index contributed by atoms with van der Waals surface area (Å²) in [6, 6.07) is 17.5. The van der Waals surface area contributed by atoms with Gasteiger partial charge in [-0.1, -0.05) is 39.0 Å². The Morgan fingerprint density at radius 1 is 1.00 bits per heavy atom. The van der Waals surface area contributed by atoms with Crippen molar-refractivity contribution in [1.82, 2.24) is 5.32 Å². The zero-order valence-corrected chi connectivity index (χ0v) is 23.4. The van der Waals surface area contributed by atoms with E-state index in [0.717, 1.165) is 10.4 Å². The first-order valence-corrected chi connectivity index (χ1v) is 13.7. The van der Waals surface area contributed by atoms with Crippen molar-refractivity contribution in [2.75, 3.05) is 31.1 Å². The lowest BCUT2D eigenvalue weighted by Crippen LogP contribution is -2.42. The number of carbonyl (C=O) groups is 1. The number of amides is 1. The molecule has 0 saturated heterocycles. The minimum Gasteiger partial charge on any atom is -0.497 e. The van der Waals surface area contributed by atoms with Crippen molar-refractivity contribution >= 4 is 27.3 Å². The summed E-state index contributed by atoms with van der Waals surface area (Å²) < 4.78 is 38.9. The SMILES string of the molecule is COc1ccc(N(CC(=O)NCCOc2ccc(C(C)(C)C)cc2)S(=O)(=O)c2ccc(C)c([N+](=O)[O-])c2)cc1. The third kappa shape index (κ3) is 7.47. The first kappa shape index (κ1) is 29.4. The van der Waals surface area contributed by atoms with Gasteiger partial charge in [-0.2, -0.15) is 0 Å². The summed E-state index contributed by atoms with van der Waals surface area (Å²) in [5.74, 6) is 0.586. The molecule has 0 spiro atoms. The van der Waals surface area contributed by atoms with Crippen LogP contribution >= 0.6 is 0 Å². The molecule has 208 valence electrons. The van der Waals surface area contributed by atoms with Crippen LogP contribution in [0.4, 0.5) is 11.4 Å². The largest absolute Gasteiger partial charge is 0.497 e. The molecule has 0 aliphatic heterocycles. The average Bonchev–Trinajstić information content (AvgIpc) is 2.89. The molecule has 39 heavy (non-hydrogen) atoms. The van der Waals surface area contributed by atoms with E-state index in [1.165, 1.54) is 43.9 Å². The second-order valence-electron chi connectivity index (χ2n) is 9.89. The van der Waals surface area contributed by atoms with Gasteiger partial charge >= 0.3 is 0 Å². The van der Waals surface area contributed by atoms with Gasteiger partial charge in [-0.15, -0.1) is 0 Å². The van der Waals surface area contributed by atoms with Crippen LogP contribution in [0.2, 0.25) is 0 Å². The number of aryl methyl sites for hydroxylation is 1. The highest BCUT2D eigenvalue weighted by Gasteiger charge is 2.29. The van der Waals surface area contributed by atoms with Gasteiger partial charge in [-0.05, 0) is 60.4 Å². The minimum absolute atomic E-state index is 0.0199. The van der Waals surface area contributed by atoms with E-state index in [4.69, 9.17) is 9.47 Å². The second kappa shape index (κ2) is 12.2. The zero-order valence-electron chi connectivity index (χ0n) is 22.6. The van der Waals surface area contributed by atoms with Crippen LogP contribution in [0.25, 0.3) is 0 Å². The molecule has 11 heteroatoms. The van der Waals surface area contributed by atoms with E-state index < -0.39 is 27.4 Å². The van der Waals surface area contributed by atoms with Gasteiger partial charge in [0.1, 0.15) is 24.7 Å². The lowest BCUT2D eigenvalue weighted by Gasteiger charge is -2.24. The molecule has 1 N–H and O–H groups in total. The average molecular weight is 556 g/mol. The number of carbonyl (C=O) groups excluding carboxylic acids is 1. The maximum Gasteiger partial charge on any atom is 0.273 e. The Morgan fingerprint density at radius 2 is 1.62 bits per heavy atom.